The molecule has 1 aromatic rings. The van der Waals surface area contributed by atoms with Crippen molar-refractivity contribution in [2.75, 3.05) is 14.2 Å². The minimum absolute atomic E-state index is 0.0432. The molecule has 4 nitrogen and oxygen atoms in total. The number of benzene rings is 1. The van der Waals surface area contributed by atoms with Gasteiger partial charge in [0.05, 0.1) is 20.6 Å². The fraction of sp³-hybridized carbons (Fsp3) is 0.533. The Morgan fingerprint density at radius 2 is 1.95 bits per heavy atom. The molecule has 0 saturated carbocycles. The summed E-state index contributed by atoms with van der Waals surface area (Å²) >= 11 is 0. The molecule has 106 valence electrons. The summed E-state index contributed by atoms with van der Waals surface area (Å²) in [5, 5.41) is 9.06. The predicted octanol–water partition coefficient (Wildman–Crippen LogP) is 3.31. The minimum Gasteiger partial charge on any atom is -0.497 e. The molecule has 0 heterocycles. The van der Waals surface area contributed by atoms with Crippen LogP contribution >= 0.6 is 0 Å². The van der Waals surface area contributed by atoms with Crippen molar-refractivity contribution in [3.63, 3.8) is 0 Å². The van der Waals surface area contributed by atoms with Gasteiger partial charge in [0.25, 0.3) is 0 Å². The molecule has 4 heteroatoms. The zero-order chi connectivity index (χ0) is 14.4. The average molecular weight is 266 g/mol. The standard InChI is InChI=1S/C15H22O4/c1-10(2)7-11(8-15(16)17)13-6-5-12(18-3)9-14(13)19-4/h5-6,9-11H,7-8H2,1-4H3,(H,16,17). The van der Waals surface area contributed by atoms with Gasteiger partial charge >= 0.3 is 5.97 Å². The molecule has 0 fully saturated rings. The van der Waals surface area contributed by atoms with Crippen LogP contribution in [0.3, 0.4) is 0 Å². The number of hydrogen-bond donors (Lipinski definition) is 1. The van der Waals surface area contributed by atoms with Crippen molar-refractivity contribution in [2.24, 2.45) is 5.92 Å². The van der Waals surface area contributed by atoms with Crippen molar-refractivity contribution >= 4 is 5.97 Å². The first kappa shape index (κ1) is 15.3. The molecule has 0 amide bonds. The third-order valence-electron chi connectivity index (χ3n) is 3.06. The molecule has 0 saturated heterocycles. The van der Waals surface area contributed by atoms with E-state index >= 15 is 0 Å². The van der Waals surface area contributed by atoms with E-state index < -0.39 is 5.97 Å². The molecule has 19 heavy (non-hydrogen) atoms. The first-order chi connectivity index (χ1) is 8.97. The van der Waals surface area contributed by atoms with Gasteiger partial charge in [-0.1, -0.05) is 19.9 Å². The highest BCUT2D eigenvalue weighted by Gasteiger charge is 2.21. The summed E-state index contributed by atoms with van der Waals surface area (Å²) in [6.07, 6.45) is 0.926. The molecule has 1 N–H and O–H groups in total. The van der Waals surface area contributed by atoms with Crippen LogP contribution in [-0.4, -0.2) is 25.3 Å². The Balaban J connectivity index is 3.09. The van der Waals surface area contributed by atoms with Crippen LogP contribution in [0.5, 0.6) is 11.5 Å². The van der Waals surface area contributed by atoms with Crippen molar-refractivity contribution in [1.29, 1.82) is 0 Å². The molecular weight excluding hydrogens is 244 g/mol. The summed E-state index contributed by atoms with van der Waals surface area (Å²) in [5.41, 5.74) is 0.930. The second-order valence-electron chi connectivity index (χ2n) is 5.03. The lowest BCUT2D eigenvalue weighted by molar-refractivity contribution is -0.137. The second-order valence-corrected chi connectivity index (χ2v) is 5.03. The highest BCUT2D eigenvalue weighted by atomic mass is 16.5. The zero-order valence-corrected chi connectivity index (χ0v) is 12.0. The lowest BCUT2D eigenvalue weighted by Crippen LogP contribution is -2.10. The molecule has 0 aromatic heterocycles. The molecule has 0 aliphatic carbocycles. The molecular formula is C15H22O4. The van der Waals surface area contributed by atoms with E-state index in [4.69, 9.17) is 14.6 Å². The van der Waals surface area contributed by atoms with Crippen molar-refractivity contribution in [2.45, 2.75) is 32.6 Å². The van der Waals surface area contributed by atoms with E-state index in [2.05, 4.69) is 13.8 Å². The smallest absolute Gasteiger partial charge is 0.303 e. The Morgan fingerprint density at radius 1 is 1.26 bits per heavy atom. The lowest BCUT2D eigenvalue weighted by Gasteiger charge is -2.20. The van der Waals surface area contributed by atoms with E-state index in [1.54, 1.807) is 20.3 Å². The summed E-state index contributed by atoms with van der Waals surface area (Å²) in [4.78, 5) is 11.0. The van der Waals surface area contributed by atoms with Crippen LogP contribution in [0.4, 0.5) is 0 Å². The van der Waals surface area contributed by atoms with Crippen molar-refractivity contribution in [1.82, 2.24) is 0 Å². The van der Waals surface area contributed by atoms with Crippen molar-refractivity contribution < 1.29 is 19.4 Å². The van der Waals surface area contributed by atoms with Gasteiger partial charge in [0.15, 0.2) is 0 Å². The third kappa shape index (κ3) is 4.47. The number of ether oxygens (including phenoxy) is 2. The Bertz CT molecular complexity index is 426. The Hall–Kier alpha value is -1.71. The fourth-order valence-corrected chi connectivity index (χ4v) is 2.26. The van der Waals surface area contributed by atoms with Crippen LogP contribution in [-0.2, 0) is 4.79 Å². The summed E-state index contributed by atoms with van der Waals surface area (Å²) in [5.74, 6) is 0.989. The molecule has 0 bridgehead atoms. The van der Waals surface area contributed by atoms with Gasteiger partial charge in [-0.2, -0.15) is 0 Å². The maximum atomic E-state index is 11.0. The van der Waals surface area contributed by atoms with Gasteiger partial charge < -0.3 is 14.6 Å². The number of methoxy groups -OCH3 is 2. The molecule has 0 aliphatic heterocycles. The van der Waals surface area contributed by atoms with Crippen LogP contribution in [0, 0.1) is 5.92 Å². The number of aliphatic carboxylic acids is 1. The summed E-state index contributed by atoms with van der Waals surface area (Å²) in [6, 6.07) is 5.53. The normalized spacial score (nSPS) is 12.3. The Labute approximate surface area is 114 Å². The largest absolute Gasteiger partial charge is 0.497 e. The van der Waals surface area contributed by atoms with E-state index in [1.165, 1.54) is 0 Å². The first-order valence-electron chi connectivity index (χ1n) is 6.41. The average Bonchev–Trinajstić information content (AvgIpc) is 2.36. The zero-order valence-electron chi connectivity index (χ0n) is 12.0. The quantitative estimate of drug-likeness (QED) is 0.822. The summed E-state index contributed by atoms with van der Waals surface area (Å²) < 4.78 is 10.5. The van der Waals surface area contributed by atoms with E-state index in [0.29, 0.717) is 17.4 Å². The molecule has 0 spiro atoms. The SMILES string of the molecule is COc1ccc(C(CC(=O)O)CC(C)C)c(OC)c1. The van der Waals surface area contributed by atoms with Gasteiger partial charge in [0.1, 0.15) is 11.5 Å². The first-order valence-corrected chi connectivity index (χ1v) is 6.41. The van der Waals surface area contributed by atoms with Crippen LogP contribution in [0.25, 0.3) is 0 Å². The maximum absolute atomic E-state index is 11.0. The number of hydrogen-bond acceptors (Lipinski definition) is 3. The van der Waals surface area contributed by atoms with Gasteiger partial charge in [0, 0.05) is 6.07 Å². The van der Waals surface area contributed by atoms with Crippen LogP contribution in [0.1, 0.15) is 38.2 Å². The monoisotopic (exact) mass is 266 g/mol. The highest BCUT2D eigenvalue weighted by molar-refractivity contribution is 5.68. The van der Waals surface area contributed by atoms with Crippen molar-refractivity contribution in [3.05, 3.63) is 23.8 Å². The van der Waals surface area contributed by atoms with E-state index in [0.717, 1.165) is 12.0 Å². The Morgan fingerprint density at radius 3 is 2.42 bits per heavy atom. The van der Waals surface area contributed by atoms with E-state index in [1.807, 2.05) is 12.1 Å². The number of rotatable bonds is 7. The number of carbonyl (C=O) groups is 1. The van der Waals surface area contributed by atoms with Crippen molar-refractivity contribution in [3.8, 4) is 11.5 Å². The third-order valence-corrected chi connectivity index (χ3v) is 3.06. The molecule has 0 aliphatic rings. The van der Waals surface area contributed by atoms with Gasteiger partial charge in [-0.15, -0.1) is 0 Å². The molecule has 1 aromatic carbocycles. The van der Waals surface area contributed by atoms with Crippen LogP contribution in [0.15, 0.2) is 18.2 Å². The summed E-state index contributed by atoms with van der Waals surface area (Å²) in [7, 11) is 3.18. The highest BCUT2D eigenvalue weighted by Crippen LogP contribution is 2.35. The maximum Gasteiger partial charge on any atom is 0.303 e. The summed E-state index contributed by atoms with van der Waals surface area (Å²) in [6.45, 7) is 4.18. The van der Waals surface area contributed by atoms with Gasteiger partial charge in [-0.3, -0.25) is 4.79 Å². The predicted molar refractivity (Wildman–Crippen MR) is 74.0 cm³/mol. The fourth-order valence-electron chi connectivity index (χ4n) is 2.26. The minimum atomic E-state index is -0.788. The lowest BCUT2D eigenvalue weighted by atomic mass is 9.87. The van der Waals surface area contributed by atoms with E-state index in [9.17, 15) is 4.79 Å². The van der Waals surface area contributed by atoms with E-state index in [-0.39, 0.29) is 12.3 Å². The Kier molecular flexibility index (Phi) is 5.67. The number of carboxylic acids is 1. The van der Waals surface area contributed by atoms with Gasteiger partial charge in [0.2, 0.25) is 0 Å². The second kappa shape index (κ2) is 7.02. The van der Waals surface area contributed by atoms with Gasteiger partial charge in [-0.05, 0) is 29.9 Å². The molecule has 1 rings (SSSR count). The number of carboxylic acid groups (broad SMARTS) is 1. The van der Waals surface area contributed by atoms with Gasteiger partial charge in [-0.25, -0.2) is 0 Å². The molecule has 0 radical (unpaired) electrons. The van der Waals surface area contributed by atoms with Crippen LogP contribution < -0.4 is 9.47 Å². The topological polar surface area (TPSA) is 55.8 Å². The molecule has 1 unspecified atom stereocenters. The molecule has 1 atom stereocenters. The van der Waals surface area contributed by atoms with Crippen LogP contribution in [0.2, 0.25) is 0 Å².